The summed E-state index contributed by atoms with van der Waals surface area (Å²) < 4.78 is 0. The Morgan fingerprint density at radius 1 is 1.77 bits per heavy atom. The van der Waals surface area contributed by atoms with E-state index in [2.05, 4.69) is 5.10 Å². The number of rotatable bonds is 3. The van der Waals surface area contributed by atoms with Crippen LogP contribution in [0.4, 0.5) is 4.79 Å². The van der Waals surface area contributed by atoms with Crippen molar-refractivity contribution in [2.45, 2.75) is 13.3 Å². The van der Waals surface area contributed by atoms with Crippen molar-refractivity contribution in [1.29, 1.82) is 0 Å². The molecule has 0 aliphatic heterocycles. The van der Waals surface area contributed by atoms with Gasteiger partial charge in [-0.05, 0) is 17.9 Å². The van der Waals surface area contributed by atoms with Gasteiger partial charge in [0, 0.05) is 0 Å². The van der Waals surface area contributed by atoms with Crippen LogP contribution in [0.15, 0.2) is 22.6 Å². The van der Waals surface area contributed by atoms with Crippen LogP contribution in [0.2, 0.25) is 0 Å². The first-order valence-corrected chi connectivity index (χ1v) is 4.71. The zero-order valence-corrected chi connectivity index (χ0v) is 7.97. The number of nitrogens with one attached hydrogen (secondary N) is 1. The molecule has 0 aliphatic rings. The van der Waals surface area contributed by atoms with Crippen molar-refractivity contribution in [2.75, 3.05) is 0 Å². The van der Waals surface area contributed by atoms with Gasteiger partial charge < -0.3 is 5.11 Å². The van der Waals surface area contributed by atoms with Crippen LogP contribution in [0.1, 0.15) is 18.2 Å². The van der Waals surface area contributed by atoms with Gasteiger partial charge in [-0.1, -0.05) is 13.0 Å². The van der Waals surface area contributed by atoms with Gasteiger partial charge in [0.1, 0.15) is 0 Å². The molecule has 13 heavy (non-hydrogen) atoms. The van der Waals surface area contributed by atoms with Crippen LogP contribution in [0.5, 0.6) is 0 Å². The molecule has 1 aromatic heterocycles. The van der Waals surface area contributed by atoms with E-state index in [9.17, 15) is 4.79 Å². The Hall–Kier alpha value is -1.36. The molecule has 5 heteroatoms. The van der Waals surface area contributed by atoms with Gasteiger partial charge in [-0.2, -0.15) is 5.10 Å². The first kappa shape index (κ1) is 9.73. The number of thiophene rings is 1. The number of carboxylic acid groups (broad SMARTS) is 1. The Morgan fingerprint density at radius 3 is 3.00 bits per heavy atom. The molecule has 0 unspecified atom stereocenters. The van der Waals surface area contributed by atoms with Gasteiger partial charge >= 0.3 is 6.09 Å². The predicted molar refractivity (Wildman–Crippen MR) is 52.3 cm³/mol. The molecule has 0 fully saturated rings. The van der Waals surface area contributed by atoms with Crippen molar-refractivity contribution in [3.8, 4) is 0 Å². The first-order chi connectivity index (χ1) is 6.24. The zero-order chi connectivity index (χ0) is 9.68. The Bertz CT molecular complexity index is 306. The summed E-state index contributed by atoms with van der Waals surface area (Å²) in [5.41, 5.74) is 2.76. The van der Waals surface area contributed by atoms with E-state index in [-0.39, 0.29) is 0 Å². The minimum Gasteiger partial charge on any atom is -0.464 e. The molecule has 1 heterocycles. The molecule has 70 valence electrons. The highest BCUT2D eigenvalue weighted by atomic mass is 32.1. The molecule has 0 spiro atoms. The van der Waals surface area contributed by atoms with E-state index < -0.39 is 6.09 Å². The molecule has 0 atom stereocenters. The number of nitrogens with zero attached hydrogens (tertiary/aromatic N) is 1. The van der Waals surface area contributed by atoms with Gasteiger partial charge in [0.15, 0.2) is 0 Å². The summed E-state index contributed by atoms with van der Waals surface area (Å²) in [6, 6.07) is 3.82. The number of amides is 1. The van der Waals surface area contributed by atoms with E-state index in [1.54, 1.807) is 11.3 Å². The third-order valence-electron chi connectivity index (χ3n) is 1.43. The highest BCUT2D eigenvalue weighted by Gasteiger charge is 2.02. The second-order valence-corrected chi connectivity index (χ2v) is 3.25. The fourth-order valence-electron chi connectivity index (χ4n) is 0.866. The normalized spacial score (nSPS) is 11.3. The van der Waals surface area contributed by atoms with Crippen LogP contribution >= 0.6 is 11.3 Å². The quantitative estimate of drug-likeness (QED) is 0.577. The lowest BCUT2D eigenvalue weighted by atomic mass is 10.2. The highest BCUT2D eigenvalue weighted by Crippen LogP contribution is 2.11. The number of hydrazone groups is 1. The SMILES string of the molecule is CC/C(=N/NC(=O)O)c1cccs1. The van der Waals surface area contributed by atoms with Gasteiger partial charge in [0.25, 0.3) is 0 Å². The largest absolute Gasteiger partial charge is 0.464 e. The fourth-order valence-corrected chi connectivity index (χ4v) is 1.65. The van der Waals surface area contributed by atoms with Crippen molar-refractivity contribution in [1.82, 2.24) is 5.43 Å². The maximum Gasteiger partial charge on any atom is 0.425 e. The van der Waals surface area contributed by atoms with E-state index in [1.807, 2.05) is 29.9 Å². The smallest absolute Gasteiger partial charge is 0.425 e. The third kappa shape index (κ3) is 2.87. The molecular formula is C8H10N2O2S. The van der Waals surface area contributed by atoms with Gasteiger partial charge in [0.05, 0.1) is 10.6 Å². The van der Waals surface area contributed by atoms with E-state index in [1.165, 1.54) is 0 Å². The van der Waals surface area contributed by atoms with Gasteiger partial charge in [-0.3, -0.25) is 0 Å². The summed E-state index contributed by atoms with van der Waals surface area (Å²) in [5.74, 6) is 0. The Morgan fingerprint density at radius 2 is 2.54 bits per heavy atom. The molecule has 0 aliphatic carbocycles. The molecule has 0 bridgehead atoms. The van der Waals surface area contributed by atoms with Crippen molar-refractivity contribution in [2.24, 2.45) is 5.10 Å². The average Bonchev–Trinajstić information content (AvgIpc) is 2.58. The maximum atomic E-state index is 10.2. The van der Waals surface area contributed by atoms with Crippen molar-refractivity contribution in [3.05, 3.63) is 22.4 Å². The van der Waals surface area contributed by atoms with Crippen LogP contribution in [-0.4, -0.2) is 16.9 Å². The van der Waals surface area contributed by atoms with E-state index in [4.69, 9.17) is 5.11 Å². The summed E-state index contributed by atoms with van der Waals surface area (Å²) >= 11 is 1.54. The lowest BCUT2D eigenvalue weighted by Crippen LogP contribution is -2.16. The minimum absolute atomic E-state index is 0.709. The summed E-state index contributed by atoms with van der Waals surface area (Å²) in [5, 5.41) is 14.0. The van der Waals surface area contributed by atoms with Crippen molar-refractivity contribution < 1.29 is 9.90 Å². The molecule has 1 aromatic rings. The number of hydrogen-bond donors (Lipinski definition) is 2. The second-order valence-electron chi connectivity index (χ2n) is 2.31. The Labute approximate surface area is 79.9 Å². The molecule has 0 saturated carbocycles. The minimum atomic E-state index is -1.14. The van der Waals surface area contributed by atoms with Gasteiger partial charge in [0.2, 0.25) is 0 Å². The maximum absolute atomic E-state index is 10.2. The predicted octanol–water partition coefficient (Wildman–Crippen LogP) is 2.13. The Kier molecular flexibility index (Phi) is 3.45. The summed E-state index contributed by atoms with van der Waals surface area (Å²) in [6.45, 7) is 1.93. The van der Waals surface area contributed by atoms with Crippen LogP contribution in [0, 0.1) is 0 Å². The Balaban J connectivity index is 2.73. The van der Waals surface area contributed by atoms with E-state index in [0.29, 0.717) is 6.42 Å². The van der Waals surface area contributed by atoms with E-state index in [0.717, 1.165) is 10.6 Å². The van der Waals surface area contributed by atoms with Crippen LogP contribution in [0.3, 0.4) is 0 Å². The average molecular weight is 198 g/mol. The standard InChI is InChI=1S/C8H10N2O2S/c1-2-6(9-10-8(11)12)7-4-3-5-13-7/h3-5,10H,2H2,1H3,(H,11,12)/b9-6-. The fraction of sp³-hybridized carbons (Fsp3) is 0.250. The van der Waals surface area contributed by atoms with Crippen molar-refractivity contribution in [3.63, 3.8) is 0 Å². The van der Waals surface area contributed by atoms with Gasteiger partial charge in [-0.25, -0.2) is 10.2 Å². The molecule has 0 aromatic carbocycles. The molecule has 0 saturated heterocycles. The lowest BCUT2D eigenvalue weighted by molar-refractivity contribution is 0.195. The van der Waals surface area contributed by atoms with Crippen LogP contribution < -0.4 is 5.43 Å². The monoisotopic (exact) mass is 198 g/mol. The first-order valence-electron chi connectivity index (χ1n) is 3.83. The van der Waals surface area contributed by atoms with Gasteiger partial charge in [-0.15, -0.1) is 11.3 Å². The van der Waals surface area contributed by atoms with E-state index >= 15 is 0 Å². The van der Waals surface area contributed by atoms with Crippen LogP contribution in [0.25, 0.3) is 0 Å². The lowest BCUT2D eigenvalue weighted by Gasteiger charge is -1.98. The molecule has 1 rings (SSSR count). The second kappa shape index (κ2) is 4.61. The molecule has 1 amide bonds. The summed E-state index contributed by atoms with van der Waals surface area (Å²) in [6.07, 6.45) is -0.427. The third-order valence-corrected chi connectivity index (χ3v) is 2.35. The number of carbonyl (C=O) groups is 1. The number of hydrogen-bond acceptors (Lipinski definition) is 3. The molecule has 2 N–H and O–H groups in total. The topological polar surface area (TPSA) is 61.7 Å². The van der Waals surface area contributed by atoms with Crippen molar-refractivity contribution >= 4 is 23.1 Å². The zero-order valence-electron chi connectivity index (χ0n) is 7.15. The van der Waals surface area contributed by atoms with Crippen LogP contribution in [-0.2, 0) is 0 Å². The summed E-state index contributed by atoms with van der Waals surface area (Å²) in [7, 11) is 0. The molecule has 0 radical (unpaired) electrons. The summed E-state index contributed by atoms with van der Waals surface area (Å²) in [4.78, 5) is 11.2. The molecular weight excluding hydrogens is 188 g/mol. The molecule has 4 nitrogen and oxygen atoms in total. The highest BCUT2D eigenvalue weighted by molar-refractivity contribution is 7.12.